The van der Waals surface area contributed by atoms with Crippen LogP contribution in [0.2, 0.25) is 0 Å². The van der Waals surface area contributed by atoms with Crippen molar-refractivity contribution in [3.8, 4) is 5.75 Å². The molecule has 2 aromatic carbocycles. The second-order valence-corrected chi connectivity index (χ2v) is 6.05. The van der Waals surface area contributed by atoms with Crippen LogP contribution in [0, 0.1) is 11.6 Å². The zero-order valence-corrected chi connectivity index (χ0v) is 14.7. The predicted octanol–water partition coefficient (Wildman–Crippen LogP) is 2.62. The first kappa shape index (κ1) is 19.3. The van der Waals surface area contributed by atoms with Gasteiger partial charge >= 0.3 is 5.97 Å². The Kier molecular flexibility index (Phi) is 5.53. The van der Waals surface area contributed by atoms with Crippen molar-refractivity contribution in [1.29, 1.82) is 0 Å². The van der Waals surface area contributed by atoms with Gasteiger partial charge in [-0.15, -0.1) is 0 Å². The van der Waals surface area contributed by atoms with Crippen LogP contribution in [-0.4, -0.2) is 30.0 Å². The third-order valence-corrected chi connectivity index (χ3v) is 3.92. The minimum atomic E-state index is -1.22. The first-order valence-electron chi connectivity index (χ1n) is 8.35. The molecule has 2 amide bonds. The second-order valence-electron chi connectivity index (χ2n) is 6.05. The lowest BCUT2D eigenvalue weighted by Crippen LogP contribution is -2.40. The summed E-state index contributed by atoms with van der Waals surface area (Å²) < 4.78 is 36.6. The molecule has 1 heterocycles. The molecule has 3 rings (SSSR count). The zero-order valence-electron chi connectivity index (χ0n) is 14.7. The van der Waals surface area contributed by atoms with E-state index in [0.29, 0.717) is 11.4 Å². The quantitative estimate of drug-likeness (QED) is 0.766. The molecule has 9 heteroatoms. The second kappa shape index (κ2) is 8.03. The van der Waals surface area contributed by atoms with Crippen molar-refractivity contribution in [2.45, 2.75) is 25.6 Å². The maximum Gasteiger partial charge on any atom is 0.310 e. The minimum absolute atomic E-state index is 0.0124. The van der Waals surface area contributed by atoms with E-state index in [2.05, 4.69) is 10.6 Å². The number of carbonyl (C=O) groups excluding carboxylic acids is 3. The van der Waals surface area contributed by atoms with Crippen molar-refractivity contribution in [2.75, 3.05) is 10.6 Å². The van der Waals surface area contributed by atoms with Gasteiger partial charge in [-0.3, -0.25) is 14.4 Å². The molecule has 2 aromatic rings. The van der Waals surface area contributed by atoms with E-state index in [1.54, 1.807) is 24.3 Å². The highest BCUT2D eigenvalue weighted by Crippen LogP contribution is 2.29. The molecule has 146 valence electrons. The van der Waals surface area contributed by atoms with Crippen molar-refractivity contribution in [1.82, 2.24) is 0 Å². The summed E-state index contributed by atoms with van der Waals surface area (Å²) in [5.41, 5.74) is 0.509. The van der Waals surface area contributed by atoms with Crippen molar-refractivity contribution in [3.05, 3.63) is 54.1 Å². The highest BCUT2D eigenvalue weighted by molar-refractivity contribution is 6.00. The Bertz CT molecular complexity index is 934. The highest BCUT2D eigenvalue weighted by atomic mass is 19.2. The van der Waals surface area contributed by atoms with Gasteiger partial charge in [0.15, 0.2) is 23.8 Å². The summed E-state index contributed by atoms with van der Waals surface area (Å²) >= 11 is 0. The molecule has 1 aliphatic rings. The van der Waals surface area contributed by atoms with Gasteiger partial charge in [-0.05, 0) is 31.2 Å². The standard InChI is InChI=1S/C19H16F2N2O5/c1-10(18(25)22-11-6-7-12(20)13(21)8-11)27-17(24)9-16-19(26)23-14-4-2-3-5-15(14)28-16/h2-8,10,16H,9H2,1H3,(H,22,25)(H,23,26)/t10-,16-/m0/s1. The number of nitrogens with one attached hydrogen (secondary N) is 2. The van der Waals surface area contributed by atoms with E-state index >= 15 is 0 Å². The molecule has 2 N–H and O–H groups in total. The molecule has 0 unspecified atom stereocenters. The van der Waals surface area contributed by atoms with E-state index < -0.39 is 48.0 Å². The first-order valence-corrected chi connectivity index (χ1v) is 8.35. The van der Waals surface area contributed by atoms with Crippen LogP contribution < -0.4 is 15.4 Å². The zero-order chi connectivity index (χ0) is 20.3. The van der Waals surface area contributed by atoms with E-state index in [4.69, 9.17) is 9.47 Å². The van der Waals surface area contributed by atoms with E-state index in [0.717, 1.165) is 12.1 Å². The summed E-state index contributed by atoms with van der Waals surface area (Å²) in [6.07, 6.45) is -2.72. The monoisotopic (exact) mass is 390 g/mol. The molecular weight excluding hydrogens is 374 g/mol. The topological polar surface area (TPSA) is 93.7 Å². The fourth-order valence-corrected chi connectivity index (χ4v) is 2.49. The van der Waals surface area contributed by atoms with Gasteiger partial charge in [-0.2, -0.15) is 0 Å². The van der Waals surface area contributed by atoms with Crippen molar-refractivity contribution < 1.29 is 32.6 Å². The molecule has 1 aliphatic heterocycles. The maximum absolute atomic E-state index is 13.2. The van der Waals surface area contributed by atoms with E-state index in [9.17, 15) is 23.2 Å². The maximum atomic E-state index is 13.2. The molecule has 0 aromatic heterocycles. The first-order chi connectivity index (χ1) is 13.3. The number of esters is 1. The van der Waals surface area contributed by atoms with Gasteiger partial charge in [-0.1, -0.05) is 12.1 Å². The Morgan fingerprint density at radius 1 is 1.21 bits per heavy atom. The SMILES string of the molecule is C[C@H](OC(=O)C[C@@H]1Oc2ccccc2NC1=O)C(=O)Nc1ccc(F)c(F)c1. The van der Waals surface area contributed by atoms with Crippen molar-refractivity contribution >= 4 is 29.2 Å². The third-order valence-electron chi connectivity index (χ3n) is 3.92. The average Bonchev–Trinajstić information content (AvgIpc) is 2.65. The van der Waals surface area contributed by atoms with Crippen LogP contribution in [0.5, 0.6) is 5.75 Å². The Morgan fingerprint density at radius 2 is 1.96 bits per heavy atom. The summed E-state index contributed by atoms with van der Waals surface area (Å²) in [4.78, 5) is 36.1. The Morgan fingerprint density at radius 3 is 2.71 bits per heavy atom. The number of ether oxygens (including phenoxy) is 2. The Labute approximate surface area is 158 Å². The number of rotatable bonds is 5. The Hall–Kier alpha value is -3.49. The van der Waals surface area contributed by atoms with Crippen molar-refractivity contribution in [2.24, 2.45) is 0 Å². The van der Waals surface area contributed by atoms with Crippen LogP contribution >= 0.6 is 0 Å². The number of fused-ring (bicyclic) bond motifs is 1. The number of hydrogen-bond donors (Lipinski definition) is 2. The number of hydrogen-bond acceptors (Lipinski definition) is 5. The largest absolute Gasteiger partial charge is 0.478 e. The fraction of sp³-hybridized carbons (Fsp3) is 0.211. The molecule has 2 atom stereocenters. The van der Waals surface area contributed by atoms with Crippen LogP contribution in [-0.2, 0) is 19.1 Å². The lowest BCUT2D eigenvalue weighted by atomic mass is 10.1. The van der Waals surface area contributed by atoms with Gasteiger partial charge in [-0.25, -0.2) is 8.78 Å². The number of anilines is 2. The van der Waals surface area contributed by atoms with Crippen molar-refractivity contribution in [3.63, 3.8) is 0 Å². The molecule has 0 aliphatic carbocycles. The van der Waals surface area contributed by atoms with Crippen LogP contribution in [0.25, 0.3) is 0 Å². The minimum Gasteiger partial charge on any atom is -0.478 e. The Balaban J connectivity index is 1.54. The van der Waals surface area contributed by atoms with Gasteiger partial charge < -0.3 is 20.1 Å². The normalized spacial score (nSPS) is 16.2. The van der Waals surface area contributed by atoms with Crippen LogP contribution in [0.1, 0.15) is 13.3 Å². The van der Waals surface area contributed by atoms with Crippen LogP contribution in [0.4, 0.5) is 20.2 Å². The molecule has 0 radical (unpaired) electrons. The van der Waals surface area contributed by atoms with Gasteiger partial charge in [0.25, 0.3) is 11.8 Å². The lowest BCUT2D eigenvalue weighted by Gasteiger charge is -2.25. The molecule has 0 saturated carbocycles. The number of benzene rings is 2. The summed E-state index contributed by atoms with van der Waals surface area (Å²) in [7, 11) is 0. The smallest absolute Gasteiger partial charge is 0.310 e. The van der Waals surface area contributed by atoms with Gasteiger partial charge in [0.05, 0.1) is 12.1 Å². The molecule has 0 fully saturated rings. The summed E-state index contributed by atoms with van der Waals surface area (Å²) in [6, 6.07) is 9.58. The molecule has 0 bridgehead atoms. The molecule has 0 saturated heterocycles. The number of carbonyl (C=O) groups is 3. The van der Waals surface area contributed by atoms with Crippen LogP contribution in [0.3, 0.4) is 0 Å². The summed E-state index contributed by atoms with van der Waals surface area (Å²) in [5.74, 6) is -3.82. The molecule has 0 spiro atoms. The lowest BCUT2D eigenvalue weighted by molar-refractivity contribution is -0.155. The summed E-state index contributed by atoms with van der Waals surface area (Å²) in [5, 5.41) is 4.92. The van der Waals surface area contributed by atoms with E-state index in [-0.39, 0.29) is 5.69 Å². The van der Waals surface area contributed by atoms with Crippen LogP contribution in [0.15, 0.2) is 42.5 Å². The molecule has 7 nitrogen and oxygen atoms in total. The average molecular weight is 390 g/mol. The fourth-order valence-electron chi connectivity index (χ4n) is 2.49. The van der Waals surface area contributed by atoms with E-state index in [1.807, 2.05) is 0 Å². The van der Waals surface area contributed by atoms with E-state index in [1.165, 1.54) is 13.0 Å². The van der Waals surface area contributed by atoms with Gasteiger partial charge in [0.1, 0.15) is 5.75 Å². The number of halogens is 2. The predicted molar refractivity (Wildman–Crippen MR) is 94.6 cm³/mol. The highest BCUT2D eigenvalue weighted by Gasteiger charge is 2.31. The number of para-hydroxylation sites is 2. The third kappa shape index (κ3) is 4.43. The number of amides is 2. The molecule has 28 heavy (non-hydrogen) atoms. The summed E-state index contributed by atoms with van der Waals surface area (Å²) in [6.45, 7) is 1.31. The van der Waals surface area contributed by atoms with Gasteiger partial charge in [0.2, 0.25) is 0 Å². The van der Waals surface area contributed by atoms with Gasteiger partial charge in [0, 0.05) is 11.8 Å². The molecular formula is C19H16F2N2O5.